The predicted molar refractivity (Wildman–Crippen MR) is 112 cm³/mol. The summed E-state index contributed by atoms with van der Waals surface area (Å²) in [6.07, 6.45) is 0. The van der Waals surface area contributed by atoms with Gasteiger partial charge < -0.3 is 10.1 Å². The highest BCUT2D eigenvalue weighted by atomic mass is 19.1. The summed E-state index contributed by atoms with van der Waals surface area (Å²) >= 11 is 0. The molecule has 158 valence electrons. The second-order valence-corrected chi connectivity index (χ2v) is 6.90. The molecule has 0 saturated heterocycles. The van der Waals surface area contributed by atoms with E-state index in [1.807, 2.05) is 0 Å². The summed E-state index contributed by atoms with van der Waals surface area (Å²) in [5, 5.41) is 23.2. The maximum atomic E-state index is 13.8. The molecule has 1 amide bonds. The van der Waals surface area contributed by atoms with Gasteiger partial charge in [-0.1, -0.05) is 6.07 Å². The van der Waals surface area contributed by atoms with Crippen molar-refractivity contribution in [2.24, 2.45) is 0 Å². The Kier molecular flexibility index (Phi) is 6.02. The number of ether oxygens (including phenoxy) is 1. The zero-order valence-electron chi connectivity index (χ0n) is 17.1. The van der Waals surface area contributed by atoms with Gasteiger partial charge in [0.05, 0.1) is 16.2 Å². The van der Waals surface area contributed by atoms with Crippen molar-refractivity contribution >= 4 is 17.4 Å². The van der Waals surface area contributed by atoms with E-state index in [1.54, 1.807) is 31.4 Å². The van der Waals surface area contributed by atoms with Crippen LogP contribution in [0.1, 0.15) is 22.4 Å². The van der Waals surface area contributed by atoms with Crippen LogP contribution in [0.25, 0.3) is 5.69 Å². The maximum Gasteiger partial charge on any atom is 0.272 e. The molecule has 1 aromatic heterocycles. The normalized spacial score (nSPS) is 10.4. The molecule has 0 aliphatic heterocycles. The van der Waals surface area contributed by atoms with E-state index in [2.05, 4.69) is 11.4 Å². The number of carbonyl (C=O) groups is 1. The van der Waals surface area contributed by atoms with Gasteiger partial charge in [-0.3, -0.25) is 19.5 Å². The number of carbonyl (C=O) groups excluding carboxylic acids is 1. The van der Waals surface area contributed by atoms with Crippen molar-refractivity contribution in [3.8, 4) is 17.5 Å². The second kappa shape index (κ2) is 8.67. The van der Waals surface area contributed by atoms with Gasteiger partial charge in [-0.2, -0.15) is 5.26 Å². The molecule has 1 N–H and O–H groups in total. The molecule has 1 heterocycles. The van der Waals surface area contributed by atoms with E-state index in [-0.39, 0.29) is 23.7 Å². The molecule has 0 spiro atoms. The fraction of sp³-hybridized carbons (Fsp3) is 0.182. The average Bonchev–Trinajstić information content (AvgIpc) is 2.95. The Morgan fingerprint density at radius 2 is 2.00 bits per heavy atom. The lowest BCUT2D eigenvalue weighted by Gasteiger charge is -2.14. The van der Waals surface area contributed by atoms with Gasteiger partial charge in [0.2, 0.25) is 0 Å². The summed E-state index contributed by atoms with van der Waals surface area (Å²) in [6.45, 7) is 4.71. The van der Waals surface area contributed by atoms with Crippen LogP contribution < -0.4 is 10.1 Å². The number of hydrogen-bond acceptors (Lipinski definition) is 5. The van der Waals surface area contributed by atoms with E-state index in [9.17, 15) is 24.6 Å². The molecule has 2 aromatic carbocycles. The van der Waals surface area contributed by atoms with Gasteiger partial charge in [0.25, 0.3) is 11.6 Å². The van der Waals surface area contributed by atoms with Gasteiger partial charge in [0, 0.05) is 17.3 Å². The number of nitrogens with one attached hydrogen (secondary N) is 1. The third-order valence-corrected chi connectivity index (χ3v) is 4.88. The monoisotopic (exact) mass is 422 g/mol. The molecule has 0 aliphatic carbocycles. The minimum absolute atomic E-state index is 0.0469. The summed E-state index contributed by atoms with van der Waals surface area (Å²) in [7, 11) is 0. The standard InChI is InChI=1S/C22H19FN4O4/c1-13-9-18(7-8-20(13)27(29)30)31-12-21(28)25-22-19(11-24)14(2)15(3)26(22)17-6-4-5-16(23)10-17/h4-10H,12H2,1-3H3,(H,25,28). The van der Waals surface area contributed by atoms with Crippen molar-refractivity contribution in [1.82, 2.24) is 4.57 Å². The fourth-order valence-corrected chi connectivity index (χ4v) is 3.24. The molecule has 3 rings (SSSR count). The number of aromatic nitrogens is 1. The molecular formula is C22H19FN4O4. The molecule has 0 fully saturated rings. The Morgan fingerprint density at radius 1 is 1.26 bits per heavy atom. The number of benzene rings is 2. The highest BCUT2D eigenvalue weighted by Crippen LogP contribution is 2.30. The molecule has 8 nitrogen and oxygen atoms in total. The third-order valence-electron chi connectivity index (χ3n) is 4.88. The van der Waals surface area contributed by atoms with Crippen molar-refractivity contribution in [3.63, 3.8) is 0 Å². The van der Waals surface area contributed by atoms with Crippen molar-refractivity contribution in [2.45, 2.75) is 20.8 Å². The Bertz CT molecular complexity index is 1230. The Morgan fingerprint density at radius 3 is 2.61 bits per heavy atom. The minimum atomic E-state index is -0.539. The van der Waals surface area contributed by atoms with Gasteiger partial charge in [0.15, 0.2) is 6.61 Å². The van der Waals surface area contributed by atoms with Gasteiger partial charge >= 0.3 is 0 Å². The molecular weight excluding hydrogens is 403 g/mol. The van der Waals surface area contributed by atoms with E-state index < -0.39 is 16.6 Å². The molecule has 0 bridgehead atoms. The Hall–Kier alpha value is -4.19. The number of amides is 1. The van der Waals surface area contributed by atoms with Crippen molar-refractivity contribution < 1.29 is 18.8 Å². The molecule has 0 saturated carbocycles. The van der Waals surface area contributed by atoms with Crippen LogP contribution in [-0.4, -0.2) is 22.0 Å². The van der Waals surface area contributed by atoms with Gasteiger partial charge in [0.1, 0.15) is 23.5 Å². The van der Waals surface area contributed by atoms with Crippen LogP contribution in [0.2, 0.25) is 0 Å². The Labute approximate surface area is 177 Å². The number of aryl methyl sites for hydroxylation is 1. The van der Waals surface area contributed by atoms with Gasteiger partial charge in [-0.05, 0) is 56.7 Å². The van der Waals surface area contributed by atoms with E-state index in [0.717, 1.165) is 0 Å². The first-order chi connectivity index (χ1) is 14.7. The van der Waals surface area contributed by atoms with Crippen LogP contribution in [0.4, 0.5) is 15.9 Å². The number of anilines is 1. The molecule has 31 heavy (non-hydrogen) atoms. The third kappa shape index (κ3) is 4.38. The predicted octanol–water partition coefficient (Wildman–Crippen LogP) is 4.34. The quantitative estimate of drug-likeness (QED) is 0.469. The van der Waals surface area contributed by atoms with E-state index in [0.29, 0.717) is 28.3 Å². The zero-order valence-corrected chi connectivity index (χ0v) is 17.1. The Balaban J connectivity index is 1.84. The number of nitro groups is 1. The van der Waals surface area contributed by atoms with Crippen LogP contribution in [-0.2, 0) is 4.79 Å². The first-order valence-corrected chi connectivity index (χ1v) is 9.28. The number of halogens is 1. The highest BCUT2D eigenvalue weighted by Gasteiger charge is 2.21. The topological polar surface area (TPSA) is 110 Å². The largest absolute Gasteiger partial charge is 0.484 e. The number of rotatable bonds is 6. The van der Waals surface area contributed by atoms with Crippen LogP contribution >= 0.6 is 0 Å². The second-order valence-electron chi connectivity index (χ2n) is 6.90. The van der Waals surface area contributed by atoms with E-state index in [4.69, 9.17) is 4.74 Å². The maximum absolute atomic E-state index is 13.8. The molecule has 0 aliphatic rings. The lowest BCUT2D eigenvalue weighted by molar-refractivity contribution is -0.385. The average molecular weight is 422 g/mol. The summed E-state index contributed by atoms with van der Waals surface area (Å²) in [6, 6.07) is 12.1. The summed E-state index contributed by atoms with van der Waals surface area (Å²) in [5.74, 6) is -0.471. The summed E-state index contributed by atoms with van der Waals surface area (Å²) < 4.78 is 20.8. The minimum Gasteiger partial charge on any atom is -0.484 e. The number of nitrogens with zero attached hydrogens (tertiary/aromatic N) is 3. The molecule has 0 atom stereocenters. The zero-order chi connectivity index (χ0) is 22.7. The summed E-state index contributed by atoms with van der Waals surface area (Å²) in [4.78, 5) is 23.0. The molecule has 9 heteroatoms. The van der Waals surface area contributed by atoms with Gasteiger partial charge in [-0.15, -0.1) is 0 Å². The number of nitro benzene ring substituents is 1. The fourth-order valence-electron chi connectivity index (χ4n) is 3.24. The molecule has 3 aromatic rings. The van der Waals surface area contributed by atoms with Crippen LogP contribution in [0.5, 0.6) is 5.75 Å². The smallest absolute Gasteiger partial charge is 0.272 e. The number of hydrogen-bond donors (Lipinski definition) is 1. The van der Waals surface area contributed by atoms with E-state index >= 15 is 0 Å². The highest BCUT2D eigenvalue weighted by molar-refractivity contribution is 5.93. The molecule has 0 radical (unpaired) electrons. The first kappa shape index (κ1) is 21.5. The number of nitriles is 1. The van der Waals surface area contributed by atoms with Gasteiger partial charge in [-0.25, -0.2) is 4.39 Å². The van der Waals surface area contributed by atoms with Crippen LogP contribution in [0, 0.1) is 48.0 Å². The lowest BCUT2D eigenvalue weighted by atomic mass is 10.2. The first-order valence-electron chi connectivity index (χ1n) is 9.28. The van der Waals surface area contributed by atoms with Crippen LogP contribution in [0.3, 0.4) is 0 Å². The van der Waals surface area contributed by atoms with Crippen LogP contribution in [0.15, 0.2) is 42.5 Å². The molecule has 0 unspecified atom stereocenters. The lowest BCUT2D eigenvalue weighted by Crippen LogP contribution is -2.22. The SMILES string of the molecule is Cc1cc(OCC(=O)Nc2c(C#N)c(C)c(C)n2-c2cccc(F)c2)ccc1[N+](=O)[O-]. The van der Waals surface area contributed by atoms with E-state index in [1.165, 1.54) is 36.4 Å². The van der Waals surface area contributed by atoms with Crippen molar-refractivity contribution in [2.75, 3.05) is 11.9 Å². The van der Waals surface area contributed by atoms with Crippen molar-refractivity contribution in [3.05, 3.63) is 80.8 Å². The summed E-state index contributed by atoms with van der Waals surface area (Å²) in [5.41, 5.74) is 2.43. The van der Waals surface area contributed by atoms with Crippen molar-refractivity contribution in [1.29, 1.82) is 5.26 Å².